The van der Waals surface area contributed by atoms with Gasteiger partial charge in [-0.05, 0) is 43.2 Å². The van der Waals surface area contributed by atoms with Gasteiger partial charge in [0.1, 0.15) is 0 Å². The van der Waals surface area contributed by atoms with Crippen molar-refractivity contribution in [3.63, 3.8) is 0 Å². The van der Waals surface area contributed by atoms with E-state index in [1.165, 1.54) is 10.4 Å². The molecule has 0 atom stereocenters. The van der Waals surface area contributed by atoms with E-state index in [1.54, 1.807) is 40.5 Å². The summed E-state index contributed by atoms with van der Waals surface area (Å²) < 4.78 is 0. The largest absolute Gasteiger partial charge is 0.335 e. The molecule has 4 nitrogen and oxygen atoms in total. The van der Waals surface area contributed by atoms with E-state index in [0.29, 0.717) is 36.8 Å². The van der Waals surface area contributed by atoms with Gasteiger partial charge in [-0.3, -0.25) is 9.59 Å². The van der Waals surface area contributed by atoms with Crippen LogP contribution in [0.25, 0.3) is 0 Å². The summed E-state index contributed by atoms with van der Waals surface area (Å²) in [5.41, 5.74) is 1.78. The van der Waals surface area contributed by atoms with Crippen LogP contribution in [0.15, 0.2) is 30.3 Å². The summed E-state index contributed by atoms with van der Waals surface area (Å²) in [6, 6.07) is 8.96. The van der Waals surface area contributed by atoms with Gasteiger partial charge < -0.3 is 9.80 Å². The lowest BCUT2D eigenvalue weighted by Gasteiger charge is -2.34. The van der Waals surface area contributed by atoms with Gasteiger partial charge in [0.15, 0.2) is 0 Å². The van der Waals surface area contributed by atoms with Crippen molar-refractivity contribution in [1.82, 2.24) is 9.80 Å². The molecule has 1 aliphatic heterocycles. The van der Waals surface area contributed by atoms with E-state index in [-0.39, 0.29) is 11.8 Å². The Bertz CT molecular complexity index is 794. The fraction of sp³-hybridized carbons (Fsp3) is 0.368. The van der Waals surface area contributed by atoms with Crippen LogP contribution in [0.3, 0.4) is 0 Å². The fourth-order valence-corrected chi connectivity index (χ4v) is 4.32. The van der Waals surface area contributed by atoms with Crippen LogP contribution in [0.4, 0.5) is 0 Å². The lowest BCUT2D eigenvalue weighted by Crippen LogP contribution is -2.50. The van der Waals surface area contributed by atoms with Gasteiger partial charge in [-0.15, -0.1) is 11.3 Å². The zero-order chi connectivity index (χ0) is 18.0. The highest BCUT2D eigenvalue weighted by Crippen LogP contribution is 2.24. The van der Waals surface area contributed by atoms with E-state index in [4.69, 9.17) is 11.6 Å². The Balaban J connectivity index is 1.63. The summed E-state index contributed by atoms with van der Waals surface area (Å²) in [7, 11) is 0. The number of amides is 2. The van der Waals surface area contributed by atoms with Crippen LogP contribution in [0, 0.1) is 6.92 Å². The summed E-state index contributed by atoms with van der Waals surface area (Å²) >= 11 is 7.54. The Morgan fingerprint density at radius 2 is 1.72 bits per heavy atom. The standard InChI is InChI=1S/C19H21ClN2O2S/c1-3-16-13(2)11-17(25-16)19(24)22-9-7-21(8-10-22)18(23)14-5-4-6-15(20)12-14/h4-6,11-12H,3,7-10H2,1-2H3. The van der Waals surface area contributed by atoms with Gasteiger partial charge in [-0.2, -0.15) is 0 Å². The topological polar surface area (TPSA) is 40.6 Å². The van der Waals surface area contributed by atoms with Gasteiger partial charge in [-0.25, -0.2) is 0 Å². The van der Waals surface area contributed by atoms with E-state index >= 15 is 0 Å². The van der Waals surface area contributed by atoms with Gasteiger partial charge in [0.25, 0.3) is 11.8 Å². The summed E-state index contributed by atoms with van der Waals surface area (Å²) in [5.74, 6) is 0.0393. The van der Waals surface area contributed by atoms with E-state index in [0.717, 1.165) is 11.3 Å². The SMILES string of the molecule is CCc1sc(C(=O)N2CCN(C(=O)c3cccc(Cl)c3)CC2)cc1C. The summed E-state index contributed by atoms with van der Waals surface area (Å²) in [6.07, 6.45) is 0.950. The fourth-order valence-electron chi connectivity index (χ4n) is 3.05. The molecule has 0 N–H and O–H groups in total. The van der Waals surface area contributed by atoms with Crippen LogP contribution in [0.2, 0.25) is 5.02 Å². The first-order valence-electron chi connectivity index (χ1n) is 8.43. The molecule has 1 fully saturated rings. The quantitative estimate of drug-likeness (QED) is 0.815. The van der Waals surface area contributed by atoms with Crippen LogP contribution < -0.4 is 0 Å². The van der Waals surface area contributed by atoms with E-state index in [1.807, 2.05) is 17.9 Å². The third-order valence-electron chi connectivity index (χ3n) is 4.48. The number of aryl methyl sites for hydroxylation is 2. The third-order valence-corrected chi connectivity index (χ3v) is 6.08. The Labute approximate surface area is 157 Å². The second kappa shape index (κ2) is 7.58. The molecule has 0 unspecified atom stereocenters. The summed E-state index contributed by atoms with van der Waals surface area (Å²) in [6.45, 7) is 6.36. The number of hydrogen-bond donors (Lipinski definition) is 0. The van der Waals surface area contributed by atoms with Gasteiger partial charge in [0.2, 0.25) is 0 Å². The maximum absolute atomic E-state index is 12.7. The molecule has 25 heavy (non-hydrogen) atoms. The van der Waals surface area contributed by atoms with Gasteiger partial charge in [0, 0.05) is 41.6 Å². The lowest BCUT2D eigenvalue weighted by molar-refractivity contribution is 0.0538. The predicted molar refractivity (Wildman–Crippen MR) is 102 cm³/mol. The zero-order valence-electron chi connectivity index (χ0n) is 14.4. The molecule has 0 radical (unpaired) electrons. The highest BCUT2D eigenvalue weighted by atomic mass is 35.5. The van der Waals surface area contributed by atoms with Crippen molar-refractivity contribution in [1.29, 1.82) is 0 Å². The van der Waals surface area contributed by atoms with Crippen molar-refractivity contribution in [3.8, 4) is 0 Å². The Morgan fingerprint density at radius 1 is 1.08 bits per heavy atom. The normalized spacial score (nSPS) is 14.7. The van der Waals surface area contributed by atoms with Gasteiger partial charge in [0.05, 0.1) is 4.88 Å². The van der Waals surface area contributed by atoms with E-state index < -0.39 is 0 Å². The summed E-state index contributed by atoms with van der Waals surface area (Å²) in [4.78, 5) is 30.9. The maximum atomic E-state index is 12.7. The molecule has 1 aromatic carbocycles. The molecular weight excluding hydrogens is 356 g/mol. The second-order valence-electron chi connectivity index (χ2n) is 6.17. The van der Waals surface area contributed by atoms with Crippen LogP contribution in [-0.2, 0) is 6.42 Å². The highest BCUT2D eigenvalue weighted by molar-refractivity contribution is 7.14. The number of rotatable bonds is 3. The minimum absolute atomic E-state index is 0.0326. The molecule has 1 aliphatic rings. The van der Waals surface area contributed by atoms with Crippen LogP contribution in [0.1, 0.15) is 37.4 Å². The molecule has 3 rings (SSSR count). The number of carbonyl (C=O) groups is 2. The molecule has 2 heterocycles. The molecule has 1 aromatic heterocycles. The molecule has 0 saturated carbocycles. The van der Waals surface area contributed by atoms with Crippen molar-refractivity contribution < 1.29 is 9.59 Å². The number of piperazine rings is 1. The molecular formula is C19H21ClN2O2S. The number of benzene rings is 1. The van der Waals surface area contributed by atoms with E-state index in [9.17, 15) is 9.59 Å². The average Bonchev–Trinajstić information content (AvgIpc) is 3.01. The molecule has 6 heteroatoms. The number of nitrogens with zero attached hydrogens (tertiary/aromatic N) is 2. The molecule has 0 bridgehead atoms. The van der Waals surface area contributed by atoms with E-state index in [2.05, 4.69) is 6.92 Å². The van der Waals surface area contributed by atoms with Crippen molar-refractivity contribution in [2.75, 3.05) is 26.2 Å². The predicted octanol–water partition coefficient (Wildman–Crippen LogP) is 3.87. The van der Waals surface area contributed by atoms with Crippen molar-refractivity contribution in [3.05, 3.63) is 56.2 Å². The summed E-state index contributed by atoms with van der Waals surface area (Å²) in [5, 5.41) is 0.555. The van der Waals surface area contributed by atoms with Crippen molar-refractivity contribution >= 4 is 34.8 Å². The Hall–Kier alpha value is -1.85. The van der Waals surface area contributed by atoms with Gasteiger partial charge >= 0.3 is 0 Å². The minimum Gasteiger partial charge on any atom is -0.335 e. The molecule has 1 saturated heterocycles. The Morgan fingerprint density at radius 3 is 2.28 bits per heavy atom. The Kier molecular flexibility index (Phi) is 5.45. The van der Waals surface area contributed by atoms with Gasteiger partial charge in [-0.1, -0.05) is 24.6 Å². The van der Waals surface area contributed by atoms with Crippen LogP contribution in [-0.4, -0.2) is 47.8 Å². The number of hydrogen-bond acceptors (Lipinski definition) is 3. The number of thiophene rings is 1. The molecule has 132 valence electrons. The average molecular weight is 377 g/mol. The maximum Gasteiger partial charge on any atom is 0.264 e. The van der Waals surface area contributed by atoms with Crippen molar-refractivity contribution in [2.24, 2.45) is 0 Å². The second-order valence-corrected chi connectivity index (χ2v) is 7.74. The molecule has 2 aromatic rings. The first-order chi connectivity index (χ1) is 12.0. The third kappa shape index (κ3) is 3.88. The van der Waals surface area contributed by atoms with Crippen LogP contribution >= 0.6 is 22.9 Å². The molecule has 0 spiro atoms. The monoisotopic (exact) mass is 376 g/mol. The van der Waals surface area contributed by atoms with Crippen molar-refractivity contribution in [2.45, 2.75) is 20.3 Å². The molecule has 0 aliphatic carbocycles. The first kappa shape index (κ1) is 18.0. The first-order valence-corrected chi connectivity index (χ1v) is 9.62. The highest BCUT2D eigenvalue weighted by Gasteiger charge is 2.26. The molecule has 2 amide bonds. The smallest absolute Gasteiger partial charge is 0.264 e. The minimum atomic E-state index is -0.0326. The lowest BCUT2D eigenvalue weighted by atomic mass is 10.1. The number of carbonyl (C=O) groups excluding carboxylic acids is 2. The zero-order valence-corrected chi connectivity index (χ0v) is 16.0. The number of halogens is 1. The van der Waals surface area contributed by atoms with Crippen LogP contribution in [0.5, 0.6) is 0 Å².